The third-order valence-electron chi connectivity index (χ3n) is 7.87. The Labute approximate surface area is 211 Å². The monoisotopic (exact) mass is 484 g/mol. The zero-order valence-electron chi connectivity index (χ0n) is 21.8. The lowest BCUT2D eigenvalue weighted by molar-refractivity contribution is -0.0686. The Bertz CT molecular complexity index is 938. The van der Waals surface area contributed by atoms with Crippen molar-refractivity contribution in [3.63, 3.8) is 0 Å². The highest BCUT2D eigenvalue weighted by molar-refractivity contribution is 5.83. The van der Waals surface area contributed by atoms with Gasteiger partial charge in [0.05, 0.1) is 5.57 Å². The molecule has 192 valence electrons. The van der Waals surface area contributed by atoms with Crippen molar-refractivity contribution < 1.29 is 13.2 Å². The predicted octanol–water partition coefficient (Wildman–Crippen LogP) is 11.0. The maximum absolute atomic E-state index is 13.5. The maximum Gasteiger partial charge on any atom is 0.416 e. The Hall–Kier alpha value is -2.03. The number of halogens is 3. The second kappa shape index (κ2) is 12.8. The standard InChI is InChI=1S/C32H43F3/c1-4-6-8-10-12-16-22-31(23-17-13-11-9-7-5-2)29-19-15-14-18-27(29)28-21-20-26(24-30(28)31)25(3)32(33,34)35/h14-15,18-21,24H,3-13,16-17,22-23H2,1-2H3. The van der Waals surface area contributed by atoms with Crippen LogP contribution in [0.2, 0.25) is 0 Å². The molecule has 0 N–H and O–H groups in total. The summed E-state index contributed by atoms with van der Waals surface area (Å²) in [6, 6.07) is 13.9. The van der Waals surface area contributed by atoms with Crippen molar-refractivity contribution >= 4 is 5.57 Å². The minimum atomic E-state index is -4.42. The Kier molecular flexibility index (Phi) is 10.1. The second-order valence-corrected chi connectivity index (χ2v) is 10.4. The summed E-state index contributed by atoms with van der Waals surface area (Å²) in [5.41, 5.74) is 3.96. The number of allylic oxidation sites excluding steroid dienone is 1. The van der Waals surface area contributed by atoms with E-state index < -0.39 is 11.7 Å². The number of alkyl halides is 3. The SMILES string of the molecule is C=C(c1ccc2c(c1)C(CCCCCCCC)(CCCCCCCC)c1ccccc1-2)C(F)(F)F. The maximum atomic E-state index is 13.5. The van der Waals surface area contributed by atoms with Crippen LogP contribution in [0.25, 0.3) is 16.7 Å². The van der Waals surface area contributed by atoms with Crippen LogP contribution in [0.15, 0.2) is 49.0 Å². The van der Waals surface area contributed by atoms with Gasteiger partial charge < -0.3 is 0 Å². The van der Waals surface area contributed by atoms with E-state index in [2.05, 4.69) is 44.7 Å². The first-order valence-electron chi connectivity index (χ1n) is 13.9. The molecule has 2 aromatic carbocycles. The van der Waals surface area contributed by atoms with Crippen molar-refractivity contribution in [2.24, 2.45) is 0 Å². The zero-order chi connectivity index (χ0) is 25.3. The molecular formula is C32H43F3. The van der Waals surface area contributed by atoms with Crippen LogP contribution in [0.1, 0.15) is 120 Å². The summed E-state index contributed by atoms with van der Waals surface area (Å²) in [4.78, 5) is 0. The van der Waals surface area contributed by atoms with Crippen LogP contribution < -0.4 is 0 Å². The Morgan fingerprint density at radius 1 is 0.686 bits per heavy atom. The van der Waals surface area contributed by atoms with E-state index in [4.69, 9.17) is 0 Å². The lowest BCUT2D eigenvalue weighted by Crippen LogP contribution is -2.26. The van der Waals surface area contributed by atoms with E-state index in [1.807, 2.05) is 12.1 Å². The van der Waals surface area contributed by atoms with Crippen molar-refractivity contribution in [1.29, 1.82) is 0 Å². The van der Waals surface area contributed by atoms with Gasteiger partial charge >= 0.3 is 6.18 Å². The van der Waals surface area contributed by atoms with Gasteiger partial charge in [-0.25, -0.2) is 0 Å². The van der Waals surface area contributed by atoms with Gasteiger partial charge in [0, 0.05) is 5.41 Å². The molecule has 0 fully saturated rings. The number of hydrogen-bond acceptors (Lipinski definition) is 0. The second-order valence-electron chi connectivity index (χ2n) is 10.4. The first-order valence-corrected chi connectivity index (χ1v) is 13.9. The average molecular weight is 485 g/mol. The molecule has 0 saturated carbocycles. The van der Waals surface area contributed by atoms with Gasteiger partial charge in [-0.2, -0.15) is 13.2 Å². The van der Waals surface area contributed by atoms with E-state index >= 15 is 0 Å². The van der Waals surface area contributed by atoms with Gasteiger partial charge in [-0.1, -0.05) is 134 Å². The highest BCUT2D eigenvalue weighted by Gasteiger charge is 2.43. The number of benzene rings is 2. The van der Waals surface area contributed by atoms with Crippen LogP contribution in [-0.2, 0) is 5.41 Å². The quantitative estimate of drug-likeness (QED) is 0.220. The van der Waals surface area contributed by atoms with Crippen molar-refractivity contribution in [2.75, 3.05) is 0 Å². The van der Waals surface area contributed by atoms with Crippen LogP contribution in [0, 0.1) is 0 Å². The summed E-state index contributed by atoms with van der Waals surface area (Å²) in [5.74, 6) is 0. The summed E-state index contributed by atoms with van der Waals surface area (Å²) in [6.45, 7) is 7.86. The summed E-state index contributed by atoms with van der Waals surface area (Å²) < 4.78 is 40.6. The fraction of sp³-hybridized carbons (Fsp3) is 0.562. The van der Waals surface area contributed by atoms with Gasteiger partial charge in [-0.3, -0.25) is 0 Å². The fourth-order valence-electron chi connectivity index (χ4n) is 5.88. The highest BCUT2D eigenvalue weighted by atomic mass is 19.4. The molecule has 3 rings (SSSR count). The zero-order valence-corrected chi connectivity index (χ0v) is 21.8. The summed E-state index contributed by atoms with van der Waals surface area (Å²) in [5, 5.41) is 0. The Morgan fingerprint density at radius 2 is 1.20 bits per heavy atom. The molecule has 0 aliphatic heterocycles. The van der Waals surface area contributed by atoms with E-state index in [1.54, 1.807) is 6.07 Å². The lowest BCUT2D eigenvalue weighted by Gasteiger charge is -2.33. The van der Waals surface area contributed by atoms with Gasteiger partial charge in [0.25, 0.3) is 0 Å². The summed E-state index contributed by atoms with van der Waals surface area (Å²) in [7, 11) is 0. The van der Waals surface area contributed by atoms with Crippen LogP contribution in [0.5, 0.6) is 0 Å². The van der Waals surface area contributed by atoms with Gasteiger partial charge in [0.1, 0.15) is 0 Å². The molecule has 2 aromatic rings. The average Bonchev–Trinajstić information content (AvgIpc) is 3.12. The fourth-order valence-corrected chi connectivity index (χ4v) is 5.88. The molecule has 0 saturated heterocycles. The van der Waals surface area contributed by atoms with Crippen LogP contribution >= 0.6 is 0 Å². The molecule has 0 radical (unpaired) electrons. The normalized spacial score (nSPS) is 14.1. The van der Waals surface area contributed by atoms with Crippen LogP contribution in [-0.4, -0.2) is 6.18 Å². The van der Waals surface area contributed by atoms with Crippen molar-refractivity contribution in [2.45, 2.75) is 115 Å². The van der Waals surface area contributed by atoms with Gasteiger partial charge in [0.15, 0.2) is 0 Å². The van der Waals surface area contributed by atoms with E-state index in [9.17, 15) is 13.2 Å². The molecule has 0 atom stereocenters. The van der Waals surface area contributed by atoms with E-state index in [0.717, 1.165) is 36.8 Å². The molecule has 1 aliphatic carbocycles. The predicted molar refractivity (Wildman–Crippen MR) is 144 cm³/mol. The first kappa shape index (κ1) is 27.6. The van der Waals surface area contributed by atoms with E-state index in [1.165, 1.54) is 75.3 Å². The molecule has 1 aliphatic rings. The third kappa shape index (κ3) is 6.60. The van der Waals surface area contributed by atoms with Crippen molar-refractivity contribution in [3.8, 4) is 11.1 Å². The minimum Gasteiger partial charge on any atom is -0.166 e. The van der Waals surface area contributed by atoms with Crippen molar-refractivity contribution in [3.05, 3.63) is 65.7 Å². The molecular weight excluding hydrogens is 441 g/mol. The highest BCUT2D eigenvalue weighted by Crippen LogP contribution is 2.55. The smallest absolute Gasteiger partial charge is 0.166 e. The van der Waals surface area contributed by atoms with E-state index in [0.29, 0.717) is 0 Å². The molecule has 0 spiro atoms. The van der Waals surface area contributed by atoms with Crippen molar-refractivity contribution in [1.82, 2.24) is 0 Å². The Balaban J connectivity index is 1.94. The minimum absolute atomic E-state index is 0.205. The number of rotatable bonds is 15. The Morgan fingerprint density at radius 3 is 1.77 bits per heavy atom. The lowest BCUT2D eigenvalue weighted by atomic mass is 9.70. The molecule has 0 heterocycles. The van der Waals surface area contributed by atoms with Gasteiger partial charge in [-0.05, 0) is 46.7 Å². The molecule has 3 heteroatoms. The molecule has 0 aromatic heterocycles. The van der Waals surface area contributed by atoms with Gasteiger partial charge in [0.2, 0.25) is 0 Å². The first-order chi connectivity index (χ1) is 16.8. The molecule has 0 unspecified atom stereocenters. The number of unbranched alkanes of at least 4 members (excludes halogenated alkanes) is 10. The third-order valence-corrected chi connectivity index (χ3v) is 7.87. The molecule has 0 nitrogen and oxygen atoms in total. The summed E-state index contributed by atoms with van der Waals surface area (Å²) >= 11 is 0. The number of hydrogen-bond donors (Lipinski definition) is 0. The summed E-state index contributed by atoms with van der Waals surface area (Å²) in [6.07, 6.45) is 12.2. The van der Waals surface area contributed by atoms with E-state index in [-0.39, 0.29) is 11.0 Å². The molecule has 35 heavy (non-hydrogen) atoms. The topological polar surface area (TPSA) is 0 Å². The largest absolute Gasteiger partial charge is 0.416 e. The van der Waals surface area contributed by atoms with Crippen LogP contribution in [0.3, 0.4) is 0 Å². The number of fused-ring (bicyclic) bond motifs is 3. The molecule has 0 bridgehead atoms. The molecule has 0 amide bonds. The van der Waals surface area contributed by atoms with Gasteiger partial charge in [-0.15, -0.1) is 0 Å². The van der Waals surface area contributed by atoms with Crippen LogP contribution in [0.4, 0.5) is 13.2 Å².